The van der Waals surface area contributed by atoms with Crippen LogP contribution in [0.2, 0.25) is 5.02 Å². The van der Waals surface area contributed by atoms with Crippen molar-refractivity contribution in [1.29, 1.82) is 5.26 Å². The number of hydrogen-bond donors (Lipinski definition) is 0. The lowest BCUT2D eigenvalue weighted by Gasteiger charge is -2.15. The fourth-order valence-corrected chi connectivity index (χ4v) is 5.04. The van der Waals surface area contributed by atoms with E-state index >= 15 is 0 Å². The van der Waals surface area contributed by atoms with Crippen LogP contribution in [0.1, 0.15) is 40.9 Å². The number of rotatable bonds is 9. The SMILES string of the molecule is CCOC(=O)c1ccc(N=C2S/C(=C\c3cc(Cl)c(OCc4ccccc4C#N)c(OCC)c3)C(=O)N2C)cc1. The molecule has 0 atom stereocenters. The van der Waals surface area contributed by atoms with Crippen molar-refractivity contribution < 1.29 is 23.8 Å². The average molecular weight is 576 g/mol. The Morgan fingerprint density at radius 2 is 1.85 bits per heavy atom. The first kappa shape index (κ1) is 28.7. The van der Waals surface area contributed by atoms with Gasteiger partial charge in [-0.05, 0) is 79.7 Å². The number of halogens is 1. The maximum absolute atomic E-state index is 13.0. The lowest BCUT2D eigenvalue weighted by Crippen LogP contribution is -2.23. The van der Waals surface area contributed by atoms with Crippen LogP contribution in [0.15, 0.2) is 70.6 Å². The summed E-state index contributed by atoms with van der Waals surface area (Å²) in [6.45, 7) is 4.42. The number of thioether (sulfide) groups is 1. The maximum atomic E-state index is 13.0. The Morgan fingerprint density at radius 3 is 2.55 bits per heavy atom. The number of likely N-dealkylation sites (N-methyl/N-ethyl adjacent to an activating group) is 1. The van der Waals surface area contributed by atoms with Gasteiger partial charge in [-0.3, -0.25) is 9.69 Å². The molecular formula is C30H26ClN3O5S. The molecule has 0 radical (unpaired) electrons. The number of carbonyl (C=O) groups is 2. The average Bonchev–Trinajstić information content (AvgIpc) is 3.21. The van der Waals surface area contributed by atoms with Gasteiger partial charge in [0.25, 0.3) is 5.91 Å². The molecule has 4 rings (SSSR count). The predicted octanol–water partition coefficient (Wildman–Crippen LogP) is 6.60. The number of nitriles is 1. The fourth-order valence-electron chi connectivity index (χ4n) is 3.78. The summed E-state index contributed by atoms with van der Waals surface area (Å²) < 4.78 is 16.8. The Bertz CT molecular complexity index is 1530. The summed E-state index contributed by atoms with van der Waals surface area (Å²) in [6.07, 6.45) is 1.72. The largest absolute Gasteiger partial charge is 0.490 e. The van der Waals surface area contributed by atoms with Crippen LogP contribution >= 0.6 is 23.4 Å². The molecule has 40 heavy (non-hydrogen) atoms. The summed E-state index contributed by atoms with van der Waals surface area (Å²) in [6, 6.07) is 19.4. The predicted molar refractivity (Wildman–Crippen MR) is 156 cm³/mol. The zero-order valence-corrected chi connectivity index (χ0v) is 23.7. The summed E-state index contributed by atoms with van der Waals surface area (Å²) in [5.74, 6) is 0.169. The maximum Gasteiger partial charge on any atom is 0.338 e. The molecule has 0 aromatic heterocycles. The minimum atomic E-state index is -0.400. The summed E-state index contributed by atoms with van der Waals surface area (Å²) in [7, 11) is 1.65. The van der Waals surface area contributed by atoms with Crippen molar-refractivity contribution in [2.45, 2.75) is 20.5 Å². The van der Waals surface area contributed by atoms with Gasteiger partial charge in [-0.1, -0.05) is 29.8 Å². The van der Waals surface area contributed by atoms with Gasteiger partial charge < -0.3 is 14.2 Å². The van der Waals surface area contributed by atoms with Gasteiger partial charge in [0.05, 0.1) is 46.0 Å². The molecule has 0 bridgehead atoms. The molecule has 1 amide bonds. The van der Waals surface area contributed by atoms with Crippen molar-refractivity contribution in [2.24, 2.45) is 4.99 Å². The zero-order chi connectivity index (χ0) is 28.6. The fraction of sp³-hybridized carbons (Fsp3) is 0.200. The number of aliphatic imine (C=N–C) groups is 1. The molecule has 0 aliphatic carbocycles. The minimum Gasteiger partial charge on any atom is -0.490 e. The van der Waals surface area contributed by atoms with Crippen LogP contribution in [0.3, 0.4) is 0 Å². The first-order chi connectivity index (χ1) is 19.3. The highest BCUT2D eigenvalue weighted by molar-refractivity contribution is 8.18. The van der Waals surface area contributed by atoms with Crippen molar-refractivity contribution in [1.82, 2.24) is 4.90 Å². The number of ether oxygens (including phenoxy) is 3. The molecule has 1 aliphatic rings. The van der Waals surface area contributed by atoms with Crippen LogP contribution in [0.25, 0.3) is 6.08 Å². The topological polar surface area (TPSA) is 101 Å². The quantitative estimate of drug-likeness (QED) is 0.209. The Morgan fingerprint density at radius 1 is 1.10 bits per heavy atom. The van der Waals surface area contributed by atoms with E-state index in [4.69, 9.17) is 25.8 Å². The second-order valence-corrected chi connectivity index (χ2v) is 9.87. The van der Waals surface area contributed by atoms with Crippen molar-refractivity contribution in [3.05, 3.63) is 92.8 Å². The molecule has 3 aromatic carbocycles. The van der Waals surface area contributed by atoms with Gasteiger partial charge in [-0.2, -0.15) is 5.26 Å². The Balaban J connectivity index is 1.56. The zero-order valence-electron chi connectivity index (χ0n) is 22.1. The number of benzene rings is 3. The van der Waals surface area contributed by atoms with E-state index in [-0.39, 0.29) is 12.5 Å². The van der Waals surface area contributed by atoms with Crippen molar-refractivity contribution >= 4 is 52.2 Å². The van der Waals surface area contributed by atoms with Gasteiger partial charge in [0.15, 0.2) is 16.7 Å². The molecule has 1 saturated heterocycles. The van der Waals surface area contributed by atoms with Crippen molar-refractivity contribution in [3.8, 4) is 17.6 Å². The van der Waals surface area contributed by atoms with Crippen molar-refractivity contribution in [2.75, 3.05) is 20.3 Å². The third-order valence-electron chi connectivity index (χ3n) is 5.75. The highest BCUT2D eigenvalue weighted by atomic mass is 35.5. The van der Waals surface area contributed by atoms with E-state index in [0.29, 0.717) is 62.2 Å². The second kappa shape index (κ2) is 13.2. The summed E-state index contributed by atoms with van der Waals surface area (Å²) in [4.78, 5) is 31.4. The van der Waals surface area contributed by atoms with Crippen LogP contribution in [0.4, 0.5) is 5.69 Å². The molecule has 0 N–H and O–H groups in total. The number of esters is 1. The van der Waals surface area contributed by atoms with Gasteiger partial charge in [-0.15, -0.1) is 0 Å². The smallest absolute Gasteiger partial charge is 0.338 e. The second-order valence-electron chi connectivity index (χ2n) is 8.46. The highest BCUT2D eigenvalue weighted by Crippen LogP contribution is 2.40. The van der Waals surface area contributed by atoms with Gasteiger partial charge in [-0.25, -0.2) is 9.79 Å². The number of nitrogens with zero attached hydrogens (tertiary/aromatic N) is 3. The molecule has 8 nitrogen and oxygen atoms in total. The molecule has 204 valence electrons. The van der Waals surface area contributed by atoms with Crippen molar-refractivity contribution in [3.63, 3.8) is 0 Å². The Labute approximate surface area is 241 Å². The van der Waals surface area contributed by atoms with Crippen LogP contribution in [0.5, 0.6) is 11.5 Å². The van der Waals surface area contributed by atoms with Gasteiger partial charge >= 0.3 is 5.97 Å². The molecule has 1 heterocycles. The van der Waals surface area contributed by atoms with E-state index in [9.17, 15) is 14.9 Å². The van der Waals surface area contributed by atoms with E-state index < -0.39 is 5.97 Å². The lowest BCUT2D eigenvalue weighted by atomic mass is 10.1. The van der Waals surface area contributed by atoms with E-state index in [1.807, 2.05) is 19.1 Å². The highest BCUT2D eigenvalue weighted by Gasteiger charge is 2.30. The Hall–Kier alpha value is -4.26. The Kier molecular flexibility index (Phi) is 9.48. The monoisotopic (exact) mass is 575 g/mol. The summed E-state index contributed by atoms with van der Waals surface area (Å²) >= 11 is 7.82. The minimum absolute atomic E-state index is 0.143. The molecule has 0 saturated carbocycles. The molecule has 0 unspecified atom stereocenters. The van der Waals surface area contributed by atoms with Crippen LogP contribution < -0.4 is 9.47 Å². The van der Waals surface area contributed by atoms with Gasteiger partial charge in [0.1, 0.15) is 6.61 Å². The normalized spacial score (nSPS) is 14.9. The molecular weight excluding hydrogens is 550 g/mol. The number of amides is 1. The molecule has 0 spiro atoms. The molecule has 1 aliphatic heterocycles. The van der Waals surface area contributed by atoms with E-state index in [2.05, 4.69) is 11.1 Å². The molecule has 3 aromatic rings. The van der Waals surface area contributed by atoms with E-state index in [1.54, 1.807) is 68.6 Å². The first-order valence-corrected chi connectivity index (χ1v) is 13.6. The molecule has 1 fully saturated rings. The summed E-state index contributed by atoms with van der Waals surface area (Å²) in [5, 5.41) is 10.2. The van der Waals surface area contributed by atoms with E-state index in [0.717, 1.165) is 5.56 Å². The van der Waals surface area contributed by atoms with Crippen LogP contribution in [-0.2, 0) is 16.1 Å². The number of carbonyl (C=O) groups excluding carboxylic acids is 2. The third-order valence-corrected chi connectivity index (χ3v) is 7.09. The number of hydrogen-bond acceptors (Lipinski definition) is 8. The molecule has 10 heteroatoms. The number of amidine groups is 1. The lowest BCUT2D eigenvalue weighted by molar-refractivity contribution is -0.121. The summed E-state index contributed by atoms with van der Waals surface area (Å²) in [5.41, 5.74) is 2.93. The van der Waals surface area contributed by atoms with E-state index in [1.165, 1.54) is 16.7 Å². The van der Waals surface area contributed by atoms with Gasteiger partial charge in [0.2, 0.25) is 0 Å². The van der Waals surface area contributed by atoms with Gasteiger partial charge in [0, 0.05) is 12.6 Å². The van der Waals surface area contributed by atoms with Crippen LogP contribution in [0, 0.1) is 11.3 Å². The van der Waals surface area contributed by atoms with Crippen LogP contribution in [-0.4, -0.2) is 42.2 Å². The third kappa shape index (κ3) is 6.65. The standard InChI is InChI=1S/C30H26ClN3O5S/c1-4-37-25-15-19(14-24(31)27(25)39-18-22-9-7-6-8-21(22)17-32)16-26-28(35)34(3)30(40-26)33-23-12-10-20(11-13-23)29(36)38-5-2/h6-16H,4-5,18H2,1-3H3/b26-16-,33-30?. The first-order valence-electron chi connectivity index (χ1n) is 12.4.